The highest BCUT2D eigenvalue weighted by atomic mass is 35.5. The highest BCUT2D eigenvalue weighted by molar-refractivity contribution is 6.33. The van der Waals surface area contributed by atoms with Gasteiger partial charge in [-0.1, -0.05) is 29.8 Å². The molecule has 0 saturated heterocycles. The first-order chi connectivity index (χ1) is 11.6. The third kappa shape index (κ3) is 3.09. The number of hydrogen-bond acceptors (Lipinski definition) is 4. The average Bonchev–Trinajstić information content (AvgIpc) is 3.10. The van der Waals surface area contributed by atoms with Crippen molar-refractivity contribution < 1.29 is 14.6 Å². The number of rotatable bonds is 5. The van der Waals surface area contributed by atoms with Gasteiger partial charge in [-0.05, 0) is 24.3 Å². The third-order valence-corrected chi connectivity index (χ3v) is 4.08. The van der Waals surface area contributed by atoms with E-state index in [1.165, 1.54) is 0 Å². The minimum atomic E-state index is -0.980. The number of benzene rings is 2. The Morgan fingerprint density at radius 3 is 2.62 bits per heavy atom. The number of aromatic amines is 1. The van der Waals surface area contributed by atoms with Crippen LogP contribution < -0.4 is 9.47 Å². The first kappa shape index (κ1) is 16.4. The van der Waals surface area contributed by atoms with Gasteiger partial charge in [0.1, 0.15) is 23.4 Å². The number of hydrogen-bond donors (Lipinski definition) is 2. The number of nitrogens with zero attached hydrogens (tertiary/aromatic N) is 1. The first-order valence-electron chi connectivity index (χ1n) is 7.34. The molecule has 3 aromatic rings. The number of ether oxygens (including phenoxy) is 2. The Kier molecular flexibility index (Phi) is 4.74. The Morgan fingerprint density at radius 1 is 1.12 bits per heavy atom. The zero-order valence-corrected chi connectivity index (χ0v) is 14.0. The van der Waals surface area contributed by atoms with Crippen LogP contribution in [0.5, 0.6) is 11.5 Å². The monoisotopic (exact) mass is 344 g/mol. The average molecular weight is 345 g/mol. The molecule has 0 saturated carbocycles. The lowest BCUT2D eigenvalue weighted by molar-refractivity contribution is 0.205. The molecule has 0 bridgehead atoms. The summed E-state index contributed by atoms with van der Waals surface area (Å²) in [6.07, 6.45) is 0.665. The lowest BCUT2D eigenvalue weighted by atomic mass is 10.1. The molecule has 124 valence electrons. The Balaban J connectivity index is 1.97. The van der Waals surface area contributed by atoms with Crippen molar-refractivity contribution in [2.75, 3.05) is 14.2 Å². The molecule has 0 amide bonds. The largest absolute Gasteiger partial charge is 0.497 e. The minimum absolute atomic E-state index is 0.400. The van der Waals surface area contributed by atoms with Crippen molar-refractivity contribution in [1.82, 2.24) is 9.97 Å². The fourth-order valence-corrected chi connectivity index (χ4v) is 2.73. The van der Waals surface area contributed by atoms with E-state index in [2.05, 4.69) is 9.97 Å². The van der Waals surface area contributed by atoms with Gasteiger partial charge in [0.25, 0.3) is 0 Å². The van der Waals surface area contributed by atoms with Gasteiger partial charge in [0.15, 0.2) is 0 Å². The second-order valence-electron chi connectivity index (χ2n) is 5.17. The van der Waals surface area contributed by atoms with Crippen LogP contribution in [-0.2, 0) is 0 Å². The molecule has 0 spiro atoms. The van der Waals surface area contributed by atoms with Gasteiger partial charge in [-0.25, -0.2) is 4.98 Å². The number of methoxy groups -OCH3 is 2. The lowest BCUT2D eigenvalue weighted by Gasteiger charge is -2.14. The van der Waals surface area contributed by atoms with Crippen LogP contribution in [0.25, 0.3) is 11.3 Å². The summed E-state index contributed by atoms with van der Waals surface area (Å²) >= 11 is 6.21. The van der Waals surface area contributed by atoms with Gasteiger partial charge in [-0.2, -0.15) is 0 Å². The molecular weight excluding hydrogens is 328 g/mol. The number of aliphatic hydroxyl groups is 1. The summed E-state index contributed by atoms with van der Waals surface area (Å²) in [7, 11) is 3.12. The van der Waals surface area contributed by atoms with Gasteiger partial charge < -0.3 is 19.6 Å². The number of H-pyrrole nitrogens is 1. The summed E-state index contributed by atoms with van der Waals surface area (Å²) < 4.78 is 10.5. The molecule has 0 radical (unpaired) electrons. The predicted molar refractivity (Wildman–Crippen MR) is 92.6 cm³/mol. The van der Waals surface area contributed by atoms with Gasteiger partial charge in [-0.3, -0.25) is 0 Å². The summed E-state index contributed by atoms with van der Waals surface area (Å²) in [5.41, 5.74) is 2.12. The molecular formula is C18H17ClN2O3. The highest BCUT2D eigenvalue weighted by Crippen LogP contribution is 2.33. The maximum absolute atomic E-state index is 10.7. The smallest absolute Gasteiger partial charge is 0.140 e. The molecule has 24 heavy (non-hydrogen) atoms. The number of nitrogens with one attached hydrogen (secondary N) is 1. The van der Waals surface area contributed by atoms with Crippen molar-refractivity contribution in [1.29, 1.82) is 0 Å². The zero-order valence-electron chi connectivity index (χ0n) is 13.3. The van der Waals surface area contributed by atoms with Crippen LogP contribution >= 0.6 is 11.6 Å². The number of aromatic nitrogens is 2. The fourth-order valence-electron chi connectivity index (χ4n) is 2.49. The molecule has 1 unspecified atom stereocenters. The molecule has 0 aliphatic carbocycles. The zero-order chi connectivity index (χ0) is 17.1. The van der Waals surface area contributed by atoms with Crippen molar-refractivity contribution in [3.63, 3.8) is 0 Å². The molecule has 6 heteroatoms. The molecule has 1 aromatic heterocycles. The van der Waals surface area contributed by atoms with Gasteiger partial charge in [0.05, 0.1) is 26.1 Å². The fraction of sp³-hybridized carbons (Fsp3) is 0.167. The molecule has 3 rings (SSSR count). The highest BCUT2D eigenvalue weighted by Gasteiger charge is 2.20. The van der Waals surface area contributed by atoms with Crippen LogP contribution in [0.15, 0.2) is 48.7 Å². The van der Waals surface area contributed by atoms with Crippen molar-refractivity contribution in [3.8, 4) is 22.8 Å². The molecule has 2 aromatic carbocycles. The first-order valence-corrected chi connectivity index (χ1v) is 7.71. The Hall–Kier alpha value is -2.50. The number of imidazole rings is 1. The van der Waals surface area contributed by atoms with E-state index in [4.69, 9.17) is 21.1 Å². The molecule has 5 nitrogen and oxygen atoms in total. The molecule has 1 atom stereocenters. The summed E-state index contributed by atoms with van der Waals surface area (Å²) in [5.74, 6) is 1.58. The van der Waals surface area contributed by atoms with Crippen molar-refractivity contribution in [2.24, 2.45) is 0 Å². The van der Waals surface area contributed by atoms with Gasteiger partial charge in [-0.15, -0.1) is 0 Å². The summed E-state index contributed by atoms with van der Waals surface area (Å²) in [4.78, 5) is 7.40. The van der Waals surface area contributed by atoms with Crippen LogP contribution in [0.1, 0.15) is 17.5 Å². The van der Waals surface area contributed by atoms with Crippen LogP contribution in [-0.4, -0.2) is 29.3 Å². The maximum Gasteiger partial charge on any atom is 0.140 e. The summed E-state index contributed by atoms with van der Waals surface area (Å²) in [6, 6.07) is 12.7. The SMILES string of the molecule is COc1ccc(OC)c(C(O)c2ncc(-c3ccccc3Cl)[nH]2)c1. The van der Waals surface area contributed by atoms with E-state index in [9.17, 15) is 5.11 Å². The van der Waals surface area contributed by atoms with Crippen molar-refractivity contribution in [2.45, 2.75) is 6.10 Å². The third-order valence-electron chi connectivity index (χ3n) is 3.75. The Morgan fingerprint density at radius 2 is 1.92 bits per heavy atom. The van der Waals surface area contributed by atoms with E-state index < -0.39 is 6.10 Å². The predicted octanol–water partition coefficient (Wildman–Crippen LogP) is 3.83. The summed E-state index contributed by atoms with van der Waals surface area (Å²) in [6.45, 7) is 0. The van der Waals surface area contributed by atoms with E-state index in [1.54, 1.807) is 44.7 Å². The van der Waals surface area contributed by atoms with E-state index in [0.29, 0.717) is 27.9 Å². The van der Waals surface area contributed by atoms with Crippen LogP contribution in [0, 0.1) is 0 Å². The van der Waals surface area contributed by atoms with Crippen molar-refractivity contribution in [3.05, 3.63) is 65.1 Å². The van der Waals surface area contributed by atoms with Gasteiger partial charge in [0, 0.05) is 16.1 Å². The number of aliphatic hydroxyl groups excluding tert-OH is 1. The van der Waals surface area contributed by atoms with Crippen LogP contribution in [0.4, 0.5) is 0 Å². The van der Waals surface area contributed by atoms with Crippen LogP contribution in [0.3, 0.4) is 0 Å². The van der Waals surface area contributed by atoms with E-state index >= 15 is 0 Å². The second-order valence-corrected chi connectivity index (χ2v) is 5.58. The van der Waals surface area contributed by atoms with Crippen LogP contribution in [0.2, 0.25) is 5.02 Å². The molecule has 0 aliphatic rings. The van der Waals surface area contributed by atoms with Crippen molar-refractivity contribution >= 4 is 11.6 Å². The molecule has 0 aliphatic heterocycles. The van der Waals surface area contributed by atoms with E-state index in [0.717, 1.165) is 11.3 Å². The quantitative estimate of drug-likeness (QED) is 0.738. The normalized spacial score (nSPS) is 12.0. The summed E-state index contributed by atoms with van der Waals surface area (Å²) in [5, 5.41) is 11.3. The number of halogens is 1. The molecule has 2 N–H and O–H groups in total. The van der Waals surface area contributed by atoms with Gasteiger partial charge >= 0.3 is 0 Å². The van der Waals surface area contributed by atoms with Gasteiger partial charge in [0.2, 0.25) is 0 Å². The van der Waals surface area contributed by atoms with E-state index in [-0.39, 0.29) is 0 Å². The molecule has 0 fully saturated rings. The standard InChI is InChI=1S/C18H17ClN2O3/c1-23-11-7-8-16(24-2)13(9-11)17(22)18-20-10-15(21-18)12-5-3-4-6-14(12)19/h3-10,17,22H,1-2H3,(H,20,21). The molecule has 1 heterocycles. The lowest BCUT2D eigenvalue weighted by Crippen LogP contribution is -2.05. The Labute approximate surface area is 144 Å². The Bertz CT molecular complexity index is 848. The maximum atomic E-state index is 10.7. The van der Waals surface area contributed by atoms with E-state index in [1.807, 2.05) is 18.2 Å². The topological polar surface area (TPSA) is 67.4 Å². The second kappa shape index (κ2) is 6.95. The minimum Gasteiger partial charge on any atom is -0.497 e.